The highest BCUT2D eigenvalue weighted by Gasteiger charge is 2.14. The minimum atomic E-state index is -3.50. The number of rotatable bonds is 6. The van der Waals surface area contributed by atoms with Crippen LogP contribution >= 0.6 is 12.4 Å². The molecule has 0 saturated carbocycles. The van der Waals surface area contributed by atoms with Crippen LogP contribution in [-0.4, -0.2) is 26.9 Å². The molecule has 0 aliphatic rings. The maximum atomic E-state index is 11.9. The predicted octanol–water partition coefficient (Wildman–Crippen LogP) is 1.08. The minimum absolute atomic E-state index is 0. The Morgan fingerprint density at radius 3 is 2.25 bits per heavy atom. The van der Waals surface area contributed by atoms with Crippen LogP contribution in [0.3, 0.4) is 0 Å². The second-order valence-electron chi connectivity index (χ2n) is 4.39. The van der Waals surface area contributed by atoms with Gasteiger partial charge in [0.1, 0.15) is 0 Å². The number of amides is 1. The van der Waals surface area contributed by atoms with E-state index in [1.165, 1.54) is 12.1 Å². The summed E-state index contributed by atoms with van der Waals surface area (Å²) >= 11 is 0. The molecule has 1 amide bonds. The van der Waals surface area contributed by atoms with Crippen molar-refractivity contribution < 1.29 is 13.2 Å². The highest BCUT2D eigenvalue weighted by molar-refractivity contribution is 7.89. The van der Waals surface area contributed by atoms with E-state index in [0.717, 1.165) is 0 Å². The minimum Gasteiger partial charge on any atom is -0.330 e. The zero-order valence-corrected chi connectivity index (χ0v) is 13.1. The SMILES string of the molecule is CC(C)NS(=O)(=O)c1ccc(NC(=O)CCN)cc1.Cl. The molecular formula is C12H20ClN3O3S. The van der Waals surface area contributed by atoms with Crippen molar-refractivity contribution in [1.29, 1.82) is 0 Å². The van der Waals surface area contributed by atoms with Crippen molar-refractivity contribution >= 4 is 34.0 Å². The number of carbonyl (C=O) groups excluding carboxylic acids is 1. The molecule has 8 heteroatoms. The molecule has 0 bridgehead atoms. The first kappa shape index (κ1) is 18.9. The lowest BCUT2D eigenvalue weighted by molar-refractivity contribution is -0.116. The third kappa shape index (κ3) is 5.87. The number of hydrogen-bond donors (Lipinski definition) is 3. The summed E-state index contributed by atoms with van der Waals surface area (Å²) in [4.78, 5) is 11.5. The molecule has 0 atom stereocenters. The summed E-state index contributed by atoms with van der Waals surface area (Å²) in [6.07, 6.45) is 0.231. The van der Waals surface area contributed by atoms with Gasteiger partial charge in [-0.25, -0.2) is 13.1 Å². The second kappa shape index (κ2) is 8.21. The number of anilines is 1. The topological polar surface area (TPSA) is 101 Å². The van der Waals surface area contributed by atoms with Crippen LogP contribution in [0.5, 0.6) is 0 Å². The normalized spacial score (nSPS) is 11.0. The van der Waals surface area contributed by atoms with Gasteiger partial charge in [-0.2, -0.15) is 0 Å². The summed E-state index contributed by atoms with van der Waals surface area (Å²) < 4.78 is 26.2. The van der Waals surface area contributed by atoms with Crippen LogP contribution in [0.1, 0.15) is 20.3 Å². The molecule has 0 saturated heterocycles. The molecule has 1 aromatic rings. The van der Waals surface area contributed by atoms with E-state index in [1.807, 2.05) is 0 Å². The summed E-state index contributed by atoms with van der Waals surface area (Å²) in [5.74, 6) is -0.196. The Labute approximate surface area is 125 Å². The highest BCUT2D eigenvalue weighted by atomic mass is 35.5. The van der Waals surface area contributed by atoms with Crippen LogP contribution in [0.2, 0.25) is 0 Å². The number of nitrogens with two attached hydrogens (primary N) is 1. The molecule has 0 heterocycles. The molecule has 1 rings (SSSR count). The Bertz CT molecular complexity index is 529. The number of sulfonamides is 1. The molecule has 0 spiro atoms. The van der Waals surface area contributed by atoms with Gasteiger partial charge in [0.05, 0.1) is 4.90 Å². The molecule has 6 nitrogen and oxygen atoms in total. The molecule has 4 N–H and O–H groups in total. The van der Waals surface area contributed by atoms with E-state index >= 15 is 0 Å². The van der Waals surface area contributed by atoms with Gasteiger partial charge in [-0.1, -0.05) is 0 Å². The molecule has 0 aliphatic heterocycles. The monoisotopic (exact) mass is 321 g/mol. The van der Waals surface area contributed by atoms with E-state index in [1.54, 1.807) is 26.0 Å². The lowest BCUT2D eigenvalue weighted by Crippen LogP contribution is -2.30. The molecule has 114 valence electrons. The zero-order valence-electron chi connectivity index (χ0n) is 11.4. The van der Waals surface area contributed by atoms with Gasteiger partial charge in [0.15, 0.2) is 0 Å². The summed E-state index contributed by atoms with van der Waals surface area (Å²) in [7, 11) is -3.50. The fourth-order valence-electron chi connectivity index (χ4n) is 1.45. The predicted molar refractivity (Wildman–Crippen MR) is 81.4 cm³/mol. The van der Waals surface area contributed by atoms with Gasteiger partial charge < -0.3 is 11.1 Å². The van der Waals surface area contributed by atoms with Crippen LogP contribution < -0.4 is 15.8 Å². The van der Waals surface area contributed by atoms with E-state index in [2.05, 4.69) is 10.0 Å². The molecular weight excluding hydrogens is 302 g/mol. The lowest BCUT2D eigenvalue weighted by Gasteiger charge is -2.10. The molecule has 0 aliphatic carbocycles. The maximum absolute atomic E-state index is 11.9. The van der Waals surface area contributed by atoms with Crippen molar-refractivity contribution in [3.05, 3.63) is 24.3 Å². The fourth-order valence-corrected chi connectivity index (χ4v) is 2.70. The summed E-state index contributed by atoms with van der Waals surface area (Å²) in [6.45, 7) is 3.77. The highest BCUT2D eigenvalue weighted by Crippen LogP contribution is 2.14. The van der Waals surface area contributed by atoms with E-state index in [0.29, 0.717) is 5.69 Å². The Morgan fingerprint density at radius 2 is 1.80 bits per heavy atom. The van der Waals surface area contributed by atoms with Crippen LogP contribution in [0.15, 0.2) is 29.2 Å². The van der Waals surface area contributed by atoms with Crippen LogP contribution in [0.4, 0.5) is 5.69 Å². The van der Waals surface area contributed by atoms with Crippen molar-refractivity contribution in [2.24, 2.45) is 5.73 Å². The second-order valence-corrected chi connectivity index (χ2v) is 6.10. The van der Waals surface area contributed by atoms with Gasteiger partial charge in [-0.15, -0.1) is 12.4 Å². The average molecular weight is 322 g/mol. The number of halogens is 1. The first-order valence-corrected chi connectivity index (χ1v) is 7.46. The Balaban J connectivity index is 0.00000361. The van der Waals surface area contributed by atoms with Crippen molar-refractivity contribution in [3.8, 4) is 0 Å². The van der Waals surface area contributed by atoms with Crippen LogP contribution in [0.25, 0.3) is 0 Å². The Kier molecular flexibility index (Phi) is 7.74. The van der Waals surface area contributed by atoms with E-state index < -0.39 is 10.0 Å². The van der Waals surface area contributed by atoms with Gasteiger partial charge in [-0.3, -0.25) is 4.79 Å². The largest absolute Gasteiger partial charge is 0.330 e. The van der Waals surface area contributed by atoms with Crippen molar-refractivity contribution in [1.82, 2.24) is 4.72 Å². The van der Waals surface area contributed by atoms with Crippen LogP contribution in [-0.2, 0) is 14.8 Å². The van der Waals surface area contributed by atoms with Gasteiger partial charge in [-0.05, 0) is 38.1 Å². The van der Waals surface area contributed by atoms with Gasteiger partial charge >= 0.3 is 0 Å². The Hall–Kier alpha value is -1.15. The Morgan fingerprint density at radius 1 is 1.25 bits per heavy atom. The summed E-state index contributed by atoms with van der Waals surface area (Å²) in [5.41, 5.74) is 5.81. The molecule has 20 heavy (non-hydrogen) atoms. The van der Waals surface area contributed by atoms with E-state index in [4.69, 9.17) is 5.73 Å². The quantitative estimate of drug-likeness (QED) is 0.729. The third-order valence-electron chi connectivity index (χ3n) is 2.21. The third-order valence-corrected chi connectivity index (χ3v) is 3.89. The standard InChI is InChI=1S/C12H19N3O3S.ClH/c1-9(2)15-19(17,18)11-5-3-10(4-6-11)14-12(16)7-8-13;/h3-6,9,15H,7-8,13H2,1-2H3,(H,14,16);1H. The molecule has 0 fully saturated rings. The van der Waals surface area contributed by atoms with Gasteiger partial charge in [0.2, 0.25) is 15.9 Å². The molecule has 0 radical (unpaired) electrons. The molecule has 0 unspecified atom stereocenters. The van der Waals surface area contributed by atoms with Crippen molar-refractivity contribution in [2.75, 3.05) is 11.9 Å². The first-order valence-electron chi connectivity index (χ1n) is 5.97. The first-order chi connectivity index (χ1) is 8.85. The molecule has 1 aromatic carbocycles. The van der Waals surface area contributed by atoms with Gasteiger partial charge in [0, 0.05) is 24.7 Å². The number of benzene rings is 1. The number of nitrogens with one attached hydrogen (secondary N) is 2. The van der Waals surface area contributed by atoms with Gasteiger partial charge in [0.25, 0.3) is 0 Å². The zero-order chi connectivity index (χ0) is 14.5. The van der Waals surface area contributed by atoms with E-state index in [-0.39, 0.29) is 42.2 Å². The average Bonchev–Trinajstić information content (AvgIpc) is 2.28. The van der Waals surface area contributed by atoms with Crippen molar-refractivity contribution in [2.45, 2.75) is 31.2 Å². The number of carbonyl (C=O) groups is 1. The smallest absolute Gasteiger partial charge is 0.240 e. The van der Waals surface area contributed by atoms with Crippen molar-refractivity contribution in [3.63, 3.8) is 0 Å². The molecule has 0 aromatic heterocycles. The lowest BCUT2D eigenvalue weighted by atomic mass is 10.3. The van der Waals surface area contributed by atoms with E-state index in [9.17, 15) is 13.2 Å². The fraction of sp³-hybridized carbons (Fsp3) is 0.417. The maximum Gasteiger partial charge on any atom is 0.240 e. The van der Waals surface area contributed by atoms with Crippen LogP contribution in [0, 0.1) is 0 Å². The summed E-state index contributed by atoms with van der Waals surface area (Å²) in [5, 5.41) is 2.63. The summed E-state index contributed by atoms with van der Waals surface area (Å²) in [6, 6.07) is 5.81. The number of hydrogen-bond acceptors (Lipinski definition) is 4.